The average Bonchev–Trinajstić information content (AvgIpc) is 3.06. The smallest absolute Gasteiger partial charge is 0.257 e. The summed E-state index contributed by atoms with van der Waals surface area (Å²) in [4.78, 5) is 45.6. The fraction of sp³-hybridized carbons (Fsp3) is 0.176. The summed E-state index contributed by atoms with van der Waals surface area (Å²) in [7, 11) is 0. The Hall–Kier alpha value is -6.10. The van der Waals surface area contributed by atoms with Gasteiger partial charge in [-0.15, -0.1) is 0 Å². The van der Waals surface area contributed by atoms with Crippen molar-refractivity contribution in [3.63, 3.8) is 0 Å². The van der Waals surface area contributed by atoms with Crippen molar-refractivity contribution in [2.45, 2.75) is 32.2 Å². The second-order valence-corrected chi connectivity index (χ2v) is 10.6. The molecule has 0 radical (unpaired) electrons. The maximum atomic E-state index is 14.1. The molecule has 4 aromatic carbocycles. The molecule has 17 heteroatoms. The molecule has 4 amide bonds. The molecule has 7 N–H and O–H groups in total. The van der Waals surface area contributed by atoms with Crippen LogP contribution in [0, 0.1) is 34.9 Å². The zero-order valence-corrected chi connectivity index (χ0v) is 26.5. The van der Waals surface area contributed by atoms with E-state index in [0.29, 0.717) is 11.1 Å². The number of benzene rings is 4. The number of hydrogen-bond donors (Lipinski definition) is 5. The van der Waals surface area contributed by atoms with Gasteiger partial charge in [0.1, 0.15) is 82.8 Å². The van der Waals surface area contributed by atoms with Gasteiger partial charge in [0.05, 0.1) is 6.61 Å². The highest BCUT2D eigenvalue weighted by Gasteiger charge is 2.25. The van der Waals surface area contributed by atoms with E-state index in [1.165, 1.54) is 55.5 Å². The highest BCUT2D eigenvalue weighted by molar-refractivity contribution is 5.98. The van der Waals surface area contributed by atoms with Crippen LogP contribution in [0.5, 0.6) is 11.5 Å². The summed E-state index contributed by atoms with van der Waals surface area (Å²) in [6.45, 7) is 0.363. The highest BCUT2D eigenvalue weighted by Crippen LogP contribution is 2.23. The molecule has 0 aliphatic carbocycles. The molecule has 0 fully saturated rings. The summed E-state index contributed by atoms with van der Waals surface area (Å²) in [6.07, 6.45) is 0. The summed E-state index contributed by atoms with van der Waals surface area (Å²) in [5, 5.41) is 12.9. The van der Waals surface area contributed by atoms with E-state index < -0.39 is 88.3 Å². The number of aliphatic hydroxyl groups is 1. The van der Waals surface area contributed by atoms with E-state index in [2.05, 4.69) is 5.32 Å². The number of hydrogen-bond acceptors (Lipinski definition) is 7. The second kappa shape index (κ2) is 18.1. The second-order valence-electron chi connectivity index (χ2n) is 10.6. The van der Waals surface area contributed by atoms with Gasteiger partial charge in [-0.05, 0) is 42.3 Å². The van der Waals surface area contributed by atoms with Crippen LogP contribution in [0.25, 0.3) is 0 Å². The third kappa shape index (κ3) is 11.5. The van der Waals surface area contributed by atoms with E-state index in [9.17, 15) is 45.5 Å². The Bertz CT molecular complexity index is 1830. The Labute approximate surface area is 286 Å². The topological polar surface area (TPSA) is 183 Å². The number of amides is 4. The molecule has 0 aliphatic heterocycles. The number of nitrogens with one attached hydrogen (secondary N) is 2. The summed E-state index contributed by atoms with van der Waals surface area (Å²) >= 11 is 0. The van der Waals surface area contributed by atoms with Gasteiger partial charge in [-0.2, -0.15) is 0 Å². The molecular formula is C34H30F6N4O7. The third-order valence-corrected chi connectivity index (χ3v) is 6.73. The van der Waals surface area contributed by atoms with Crippen LogP contribution in [0.3, 0.4) is 0 Å². The minimum atomic E-state index is -1.48. The van der Waals surface area contributed by atoms with Gasteiger partial charge in [0.15, 0.2) is 0 Å². The van der Waals surface area contributed by atoms with Crippen LogP contribution < -0.4 is 31.6 Å². The lowest BCUT2D eigenvalue weighted by Crippen LogP contribution is -2.47. The van der Waals surface area contributed by atoms with E-state index in [0.717, 1.165) is 24.3 Å². The van der Waals surface area contributed by atoms with Crippen LogP contribution in [0.2, 0.25) is 0 Å². The van der Waals surface area contributed by atoms with Crippen molar-refractivity contribution in [3.05, 3.63) is 130 Å². The number of rotatable bonds is 13. The Morgan fingerprint density at radius 1 is 0.627 bits per heavy atom. The van der Waals surface area contributed by atoms with Crippen molar-refractivity contribution in [1.82, 2.24) is 10.6 Å². The first-order valence-corrected chi connectivity index (χ1v) is 14.6. The van der Waals surface area contributed by atoms with Crippen LogP contribution >= 0.6 is 0 Å². The molecule has 0 unspecified atom stereocenters. The summed E-state index contributed by atoms with van der Waals surface area (Å²) < 4.78 is 92.4. The molecule has 0 bridgehead atoms. The first-order valence-electron chi connectivity index (χ1n) is 14.6. The zero-order valence-electron chi connectivity index (χ0n) is 26.5. The van der Waals surface area contributed by atoms with Crippen molar-refractivity contribution >= 4 is 23.6 Å². The third-order valence-electron chi connectivity index (χ3n) is 6.73. The monoisotopic (exact) mass is 720 g/mol. The van der Waals surface area contributed by atoms with Crippen LogP contribution in [0.1, 0.15) is 38.8 Å². The van der Waals surface area contributed by atoms with E-state index >= 15 is 0 Å². The first-order chi connectivity index (χ1) is 24.1. The highest BCUT2D eigenvalue weighted by atomic mass is 19.2. The van der Waals surface area contributed by atoms with Gasteiger partial charge in [-0.3, -0.25) is 19.2 Å². The molecule has 4 rings (SSSR count). The lowest BCUT2D eigenvalue weighted by atomic mass is 10.1. The fourth-order valence-corrected chi connectivity index (χ4v) is 3.97. The molecule has 2 atom stereocenters. The Balaban J connectivity index is 0.000000276. The predicted octanol–water partition coefficient (Wildman–Crippen LogP) is 3.55. The molecule has 0 saturated heterocycles. The van der Waals surface area contributed by atoms with Gasteiger partial charge in [-0.25, -0.2) is 26.3 Å². The summed E-state index contributed by atoms with van der Waals surface area (Å²) in [5.74, 6) is -10.2. The van der Waals surface area contributed by atoms with Crippen LogP contribution in [0.4, 0.5) is 26.3 Å². The minimum absolute atomic E-state index is 0.0383. The van der Waals surface area contributed by atoms with E-state index in [-0.39, 0.29) is 24.7 Å². The van der Waals surface area contributed by atoms with Crippen LogP contribution in [-0.2, 0) is 22.8 Å². The van der Waals surface area contributed by atoms with Crippen LogP contribution in [-0.4, -0.2) is 47.4 Å². The molecule has 270 valence electrons. The number of carbonyl (C=O) groups is 4. The van der Waals surface area contributed by atoms with Crippen LogP contribution in [0.15, 0.2) is 72.8 Å². The quantitative estimate of drug-likeness (QED) is 0.131. The van der Waals surface area contributed by atoms with E-state index in [1.54, 1.807) is 0 Å². The van der Waals surface area contributed by atoms with Gasteiger partial charge in [0.25, 0.3) is 11.8 Å². The Kier molecular flexibility index (Phi) is 13.9. The molecule has 0 aliphatic rings. The molecule has 0 aromatic heterocycles. The molecule has 11 nitrogen and oxygen atoms in total. The van der Waals surface area contributed by atoms with Gasteiger partial charge in [0.2, 0.25) is 11.8 Å². The molecular weight excluding hydrogens is 690 g/mol. The van der Waals surface area contributed by atoms with Crippen molar-refractivity contribution in [3.8, 4) is 11.5 Å². The van der Waals surface area contributed by atoms with E-state index in [1.807, 2.05) is 5.32 Å². The Morgan fingerprint density at radius 3 is 1.29 bits per heavy atom. The van der Waals surface area contributed by atoms with Gasteiger partial charge < -0.3 is 36.7 Å². The number of halogens is 6. The standard InChI is InChI=1S/C17H15F3N2O4.C17H15F3N2O3/c18-10-3-1-9(2-4-10)8-26-11-5-12(19)15(13(20)6-11)17(25)22-14(7-23)16(21)24;1-9(16(21)23)22-17(24)15-13(19)6-12(7-14(15)20)25-8-10-2-4-11(18)5-3-10/h1-6,14,23H,7-8H2,(H2,21,24)(H,22,25);2-7,9H,8H2,1H3,(H2,21,23)(H,22,24)/t14-;9-/m01/s1. The lowest BCUT2D eigenvalue weighted by Gasteiger charge is -2.14. The molecule has 4 aromatic rings. The van der Waals surface area contributed by atoms with Gasteiger partial charge in [-0.1, -0.05) is 24.3 Å². The Morgan fingerprint density at radius 2 is 0.980 bits per heavy atom. The summed E-state index contributed by atoms with van der Waals surface area (Å²) in [6, 6.07) is 11.4. The maximum absolute atomic E-state index is 14.1. The zero-order chi connectivity index (χ0) is 37.8. The molecule has 0 heterocycles. The minimum Gasteiger partial charge on any atom is -0.489 e. The fourth-order valence-electron chi connectivity index (χ4n) is 3.97. The number of aliphatic hydroxyl groups excluding tert-OH is 1. The maximum Gasteiger partial charge on any atom is 0.257 e. The molecule has 0 spiro atoms. The summed E-state index contributed by atoms with van der Waals surface area (Å²) in [5.41, 5.74) is 9.29. The average molecular weight is 721 g/mol. The molecule has 0 saturated carbocycles. The van der Waals surface area contributed by atoms with Crippen molar-refractivity contribution in [1.29, 1.82) is 0 Å². The van der Waals surface area contributed by atoms with E-state index in [4.69, 9.17) is 26.0 Å². The van der Waals surface area contributed by atoms with Gasteiger partial charge >= 0.3 is 0 Å². The molecule has 51 heavy (non-hydrogen) atoms. The number of carbonyl (C=O) groups excluding carboxylic acids is 4. The van der Waals surface area contributed by atoms with Gasteiger partial charge in [0, 0.05) is 24.3 Å². The van der Waals surface area contributed by atoms with Crippen molar-refractivity contribution in [2.24, 2.45) is 11.5 Å². The number of ether oxygens (including phenoxy) is 2. The SMILES string of the molecule is C[C@@H](NC(=O)c1c(F)cc(OCc2ccc(F)cc2)cc1F)C(N)=O.NC(=O)[C@H](CO)NC(=O)c1c(F)cc(OCc2ccc(F)cc2)cc1F. The predicted molar refractivity (Wildman–Crippen MR) is 168 cm³/mol. The number of nitrogens with two attached hydrogens (primary N) is 2. The normalized spacial score (nSPS) is 11.7. The largest absolute Gasteiger partial charge is 0.489 e. The van der Waals surface area contributed by atoms with Crippen molar-refractivity contribution in [2.75, 3.05) is 6.61 Å². The lowest BCUT2D eigenvalue weighted by molar-refractivity contribution is -0.121. The first kappa shape index (κ1) is 39.3. The van der Waals surface area contributed by atoms with Crippen molar-refractivity contribution < 1.29 is 60.1 Å². The number of primary amides is 2.